The van der Waals surface area contributed by atoms with E-state index in [0.717, 1.165) is 6.42 Å². The van der Waals surface area contributed by atoms with Crippen molar-refractivity contribution in [3.8, 4) is 5.75 Å². The first-order chi connectivity index (χ1) is 8.45. The monoisotopic (exact) mass is 271 g/mol. The number of hydrogen-bond donors (Lipinski definition) is 0. The van der Waals surface area contributed by atoms with Crippen molar-refractivity contribution in [1.82, 2.24) is 0 Å². The van der Waals surface area contributed by atoms with Crippen LogP contribution in [0, 0.1) is 16.0 Å². The Morgan fingerprint density at radius 3 is 2.72 bits per heavy atom. The van der Waals surface area contributed by atoms with Crippen molar-refractivity contribution in [3.63, 3.8) is 0 Å². The van der Waals surface area contributed by atoms with E-state index in [0.29, 0.717) is 5.75 Å². The molecule has 98 valence electrons. The van der Waals surface area contributed by atoms with Gasteiger partial charge in [0.2, 0.25) is 0 Å². The summed E-state index contributed by atoms with van der Waals surface area (Å²) in [4.78, 5) is 21.5. The highest BCUT2D eigenvalue weighted by Gasteiger charge is 2.14. The molecule has 6 heteroatoms. The Bertz CT molecular complexity index is 461. The number of carbonyl (C=O) groups is 1. The zero-order chi connectivity index (χ0) is 13.7. The molecule has 0 aliphatic heterocycles. The van der Waals surface area contributed by atoms with Crippen LogP contribution in [0.1, 0.15) is 20.3 Å². The predicted octanol–water partition coefficient (Wildman–Crippen LogP) is 3.24. The van der Waals surface area contributed by atoms with E-state index in [4.69, 9.17) is 16.3 Å². The van der Waals surface area contributed by atoms with Crippen molar-refractivity contribution in [2.24, 2.45) is 5.92 Å². The van der Waals surface area contributed by atoms with Gasteiger partial charge in [0.15, 0.2) is 5.78 Å². The van der Waals surface area contributed by atoms with E-state index in [1.165, 1.54) is 18.2 Å². The molecule has 0 saturated heterocycles. The van der Waals surface area contributed by atoms with Gasteiger partial charge in [0.05, 0.1) is 4.92 Å². The van der Waals surface area contributed by atoms with Crippen LogP contribution in [0.4, 0.5) is 5.69 Å². The van der Waals surface area contributed by atoms with Gasteiger partial charge >= 0.3 is 0 Å². The third-order valence-corrected chi connectivity index (χ3v) is 2.96. The second kappa shape index (κ2) is 6.35. The molecule has 0 heterocycles. The van der Waals surface area contributed by atoms with Crippen LogP contribution in [-0.4, -0.2) is 17.3 Å². The van der Waals surface area contributed by atoms with Gasteiger partial charge in [-0.3, -0.25) is 14.9 Å². The van der Waals surface area contributed by atoms with Crippen molar-refractivity contribution in [1.29, 1.82) is 0 Å². The third-order valence-electron chi connectivity index (χ3n) is 2.66. The normalized spacial score (nSPS) is 11.9. The van der Waals surface area contributed by atoms with Gasteiger partial charge in [-0.05, 0) is 12.5 Å². The number of benzene rings is 1. The fraction of sp³-hybridized carbons (Fsp3) is 0.417. The van der Waals surface area contributed by atoms with Gasteiger partial charge in [0, 0.05) is 18.1 Å². The van der Waals surface area contributed by atoms with Crippen LogP contribution in [0.2, 0.25) is 5.02 Å². The van der Waals surface area contributed by atoms with Crippen LogP contribution < -0.4 is 4.74 Å². The van der Waals surface area contributed by atoms with Crippen molar-refractivity contribution in [2.75, 3.05) is 6.61 Å². The zero-order valence-corrected chi connectivity index (χ0v) is 10.9. The molecule has 1 aromatic rings. The Balaban J connectivity index is 2.67. The molecule has 0 aromatic heterocycles. The second-order valence-corrected chi connectivity index (χ2v) is 4.34. The van der Waals surface area contributed by atoms with E-state index < -0.39 is 4.92 Å². The van der Waals surface area contributed by atoms with Crippen LogP contribution in [0.3, 0.4) is 0 Å². The third kappa shape index (κ3) is 3.70. The number of hydrogen-bond acceptors (Lipinski definition) is 4. The standard InChI is InChI=1S/C12H14ClNO4/c1-3-8(2)12(15)7-18-9-4-5-11(14(16)17)10(13)6-9/h4-6,8H,3,7H2,1-2H3. The molecule has 0 spiro atoms. The SMILES string of the molecule is CCC(C)C(=O)COc1ccc([N+](=O)[O-])c(Cl)c1. The van der Waals surface area contributed by atoms with Crippen LogP contribution >= 0.6 is 11.6 Å². The molecule has 0 bridgehead atoms. The van der Waals surface area contributed by atoms with Gasteiger partial charge in [-0.25, -0.2) is 0 Å². The molecule has 0 N–H and O–H groups in total. The highest BCUT2D eigenvalue weighted by molar-refractivity contribution is 6.32. The molecule has 0 fully saturated rings. The van der Waals surface area contributed by atoms with E-state index in [1.807, 2.05) is 13.8 Å². The summed E-state index contributed by atoms with van der Waals surface area (Å²) in [6, 6.07) is 4.02. The summed E-state index contributed by atoms with van der Waals surface area (Å²) in [6.07, 6.45) is 0.753. The molecule has 0 saturated carbocycles. The lowest BCUT2D eigenvalue weighted by Crippen LogP contribution is -2.18. The maximum absolute atomic E-state index is 11.5. The van der Waals surface area contributed by atoms with Crippen molar-refractivity contribution >= 4 is 23.1 Å². The average Bonchev–Trinajstić information content (AvgIpc) is 2.34. The number of Topliss-reactive ketones (excluding diaryl/α,β-unsaturated/α-hetero) is 1. The summed E-state index contributed by atoms with van der Waals surface area (Å²) in [6.45, 7) is 3.70. The van der Waals surface area contributed by atoms with Crippen molar-refractivity contribution < 1.29 is 14.5 Å². The van der Waals surface area contributed by atoms with E-state index >= 15 is 0 Å². The van der Waals surface area contributed by atoms with Crippen LogP contribution in [0.15, 0.2) is 18.2 Å². The van der Waals surface area contributed by atoms with Crippen molar-refractivity contribution in [3.05, 3.63) is 33.3 Å². The molecule has 5 nitrogen and oxygen atoms in total. The van der Waals surface area contributed by atoms with Crippen LogP contribution in [-0.2, 0) is 4.79 Å². The zero-order valence-electron chi connectivity index (χ0n) is 10.2. The molecule has 1 aromatic carbocycles. The molecule has 0 radical (unpaired) electrons. The van der Waals surface area contributed by atoms with Gasteiger partial charge in [0.25, 0.3) is 5.69 Å². The smallest absolute Gasteiger partial charge is 0.288 e. The lowest BCUT2D eigenvalue weighted by atomic mass is 10.1. The van der Waals surface area contributed by atoms with Crippen molar-refractivity contribution in [2.45, 2.75) is 20.3 Å². The second-order valence-electron chi connectivity index (χ2n) is 3.93. The number of nitrogens with zero attached hydrogens (tertiary/aromatic N) is 1. The first-order valence-electron chi connectivity index (χ1n) is 5.55. The first-order valence-corrected chi connectivity index (χ1v) is 5.93. The number of halogens is 1. The summed E-state index contributed by atoms with van der Waals surface area (Å²) in [5, 5.41) is 10.5. The summed E-state index contributed by atoms with van der Waals surface area (Å²) in [5.41, 5.74) is -0.183. The number of ketones is 1. The molecular weight excluding hydrogens is 258 g/mol. The van der Waals surface area contributed by atoms with Crippen LogP contribution in [0.5, 0.6) is 5.75 Å². The summed E-state index contributed by atoms with van der Waals surface area (Å²) in [7, 11) is 0. The van der Waals surface area contributed by atoms with Gasteiger partial charge in [0.1, 0.15) is 17.4 Å². The molecule has 0 aliphatic rings. The maximum atomic E-state index is 11.5. The number of rotatable bonds is 6. The highest BCUT2D eigenvalue weighted by atomic mass is 35.5. The summed E-state index contributed by atoms with van der Waals surface area (Å²) in [5.74, 6) is 0.285. The number of nitro benzene ring substituents is 1. The van der Waals surface area contributed by atoms with E-state index in [-0.39, 0.29) is 29.0 Å². The minimum atomic E-state index is -0.573. The number of nitro groups is 1. The molecule has 1 atom stereocenters. The lowest BCUT2D eigenvalue weighted by Gasteiger charge is -2.09. The summed E-state index contributed by atoms with van der Waals surface area (Å²) < 4.78 is 5.25. The lowest BCUT2D eigenvalue weighted by molar-refractivity contribution is -0.384. The Morgan fingerprint density at radius 1 is 1.56 bits per heavy atom. The average molecular weight is 272 g/mol. The fourth-order valence-corrected chi connectivity index (χ4v) is 1.49. The summed E-state index contributed by atoms with van der Waals surface area (Å²) >= 11 is 5.72. The Morgan fingerprint density at radius 2 is 2.22 bits per heavy atom. The van der Waals surface area contributed by atoms with Gasteiger partial charge in [-0.2, -0.15) is 0 Å². The predicted molar refractivity (Wildman–Crippen MR) is 68.1 cm³/mol. The molecule has 1 rings (SSSR count). The Kier molecular flexibility index (Phi) is 5.09. The molecule has 1 unspecified atom stereocenters. The minimum Gasteiger partial charge on any atom is -0.486 e. The molecule has 0 aliphatic carbocycles. The van der Waals surface area contributed by atoms with Crippen LogP contribution in [0.25, 0.3) is 0 Å². The number of carbonyl (C=O) groups excluding carboxylic acids is 1. The Hall–Kier alpha value is -1.62. The van der Waals surface area contributed by atoms with E-state index in [9.17, 15) is 14.9 Å². The van der Waals surface area contributed by atoms with Gasteiger partial charge in [-0.15, -0.1) is 0 Å². The van der Waals surface area contributed by atoms with E-state index in [2.05, 4.69) is 0 Å². The van der Waals surface area contributed by atoms with Gasteiger partial charge in [-0.1, -0.05) is 25.4 Å². The molecule has 18 heavy (non-hydrogen) atoms. The topological polar surface area (TPSA) is 69.4 Å². The first kappa shape index (κ1) is 14.4. The quantitative estimate of drug-likeness (QED) is 0.588. The largest absolute Gasteiger partial charge is 0.486 e. The Labute approximate surface area is 110 Å². The fourth-order valence-electron chi connectivity index (χ4n) is 1.25. The maximum Gasteiger partial charge on any atom is 0.288 e. The molecule has 0 amide bonds. The highest BCUT2D eigenvalue weighted by Crippen LogP contribution is 2.28. The van der Waals surface area contributed by atoms with E-state index in [1.54, 1.807) is 0 Å². The number of ether oxygens (including phenoxy) is 1. The molecular formula is C12H14ClNO4. The minimum absolute atomic E-state index is 0.00603. The van der Waals surface area contributed by atoms with Gasteiger partial charge < -0.3 is 4.74 Å².